The van der Waals surface area contributed by atoms with Crippen molar-refractivity contribution in [2.75, 3.05) is 6.54 Å². The molecule has 2 aliphatic rings. The van der Waals surface area contributed by atoms with Crippen LogP contribution in [0.1, 0.15) is 25.7 Å². The van der Waals surface area contributed by atoms with Crippen LogP contribution < -0.4 is 5.73 Å². The fourth-order valence-corrected chi connectivity index (χ4v) is 3.34. The second kappa shape index (κ2) is 3.18. The molecule has 0 amide bonds. The number of hydrogen-bond acceptors (Lipinski definition) is 2. The minimum absolute atomic E-state index is 0.478. The molecule has 64 valence electrons. The predicted molar refractivity (Wildman–Crippen MR) is 54.4 cm³/mol. The van der Waals surface area contributed by atoms with Crippen LogP contribution in [0.25, 0.3) is 0 Å². The van der Waals surface area contributed by atoms with E-state index in [9.17, 15) is 0 Å². The molecule has 0 radical (unpaired) electrons. The second-order valence-electron chi connectivity index (χ2n) is 3.81. The Hall–Kier alpha value is 0.650. The molecule has 2 nitrogen and oxygen atoms in total. The number of fused-ring (bicyclic) bond motifs is 1. The molecule has 0 aromatic carbocycles. The van der Waals surface area contributed by atoms with Crippen LogP contribution in [0.2, 0.25) is 0 Å². The lowest BCUT2D eigenvalue weighted by atomic mass is 9.83. The molecule has 1 saturated heterocycles. The van der Waals surface area contributed by atoms with Crippen LogP contribution in [0.4, 0.5) is 0 Å². The maximum atomic E-state index is 5.92. The van der Waals surface area contributed by atoms with E-state index in [-0.39, 0.29) is 0 Å². The summed E-state index contributed by atoms with van der Waals surface area (Å²) >= 11 is 2.45. The fraction of sp³-hybridized carbons (Fsp3) is 1.00. The van der Waals surface area contributed by atoms with Gasteiger partial charge in [0.2, 0.25) is 0 Å². The Morgan fingerprint density at radius 1 is 1.27 bits per heavy atom. The van der Waals surface area contributed by atoms with Crippen LogP contribution >= 0.6 is 22.9 Å². The monoisotopic (exact) mass is 266 g/mol. The van der Waals surface area contributed by atoms with Crippen LogP contribution in [-0.4, -0.2) is 21.7 Å². The Labute approximate surface area is 82.0 Å². The highest BCUT2D eigenvalue weighted by atomic mass is 127. The minimum Gasteiger partial charge on any atom is -0.328 e. The summed E-state index contributed by atoms with van der Waals surface area (Å²) in [6.45, 7) is 1.28. The zero-order valence-corrected chi connectivity index (χ0v) is 8.83. The summed E-state index contributed by atoms with van der Waals surface area (Å²) in [7, 11) is 0. The first-order valence-corrected chi connectivity index (χ1v) is 5.42. The van der Waals surface area contributed by atoms with Gasteiger partial charge in [0.1, 0.15) is 0 Å². The summed E-state index contributed by atoms with van der Waals surface area (Å²) in [5.74, 6) is 0.965. The third-order valence-electron chi connectivity index (χ3n) is 3.07. The van der Waals surface area contributed by atoms with Gasteiger partial charge in [-0.2, -0.15) is 0 Å². The van der Waals surface area contributed by atoms with Gasteiger partial charge < -0.3 is 5.73 Å². The van der Waals surface area contributed by atoms with Crippen molar-refractivity contribution in [1.82, 2.24) is 3.11 Å². The van der Waals surface area contributed by atoms with E-state index in [2.05, 4.69) is 26.0 Å². The number of nitrogens with zero attached hydrogens (tertiary/aromatic N) is 1. The summed E-state index contributed by atoms with van der Waals surface area (Å²) < 4.78 is 2.46. The number of nitrogens with two attached hydrogens (primary N) is 1. The highest BCUT2D eigenvalue weighted by Crippen LogP contribution is 2.37. The Balaban J connectivity index is 2.01. The first-order valence-electron chi connectivity index (χ1n) is 4.45. The van der Waals surface area contributed by atoms with Crippen molar-refractivity contribution in [2.45, 2.75) is 37.8 Å². The van der Waals surface area contributed by atoms with Gasteiger partial charge in [0.15, 0.2) is 0 Å². The SMILES string of the molecule is NC1CCC2CCN(I)C2C1. The third kappa shape index (κ3) is 1.55. The zero-order chi connectivity index (χ0) is 7.84. The topological polar surface area (TPSA) is 29.3 Å². The van der Waals surface area contributed by atoms with Crippen molar-refractivity contribution in [2.24, 2.45) is 11.7 Å². The van der Waals surface area contributed by atoms with E-state index in [1.807, 2.05) is 0 Å². The van der Waals surface area contributed by atoms with Crippen LogP contribution in [0.15, 0.2) is 0 Å². The maximum absolute atomic E-state index is 5.92. The van der Waals surface area contributed by atoms with Crippen LogP contribution in [-0.2, 0) is 0 Å². The van der Waals surface area contributed by atoms with E-state index < -0.39 is 0 Å². The van der Waals surface area contributed by atoms with Crippen molar-refractivity contribution < 1.29 is 0 Å². The standard InChI is InChI=1S/C8H15IN2/c9-11-4-3-6-1-2-7(10)5-8(6)11/h6-8H,1-5,10H2. The van der Waals surface area contributed by atoms with E-state index in [0.29, 0.717) is 6.04 Å². The van der Waals surface area contributed by atoms with E-state index in [1.54, 1.807) is 0 Å². The predicted octanol–water partition coefficient (Wildman–Crippen LogP) is 1.54. The Morgan fingerprint density at radius 2 is 2.09 bits per heavy atom. The molecule has 3 unspecified atom stereocenters. The van der Waals surface area contributed by atoms with Gasteiger partial charge >= 0.3 is 0 Å². The number of rotatable bonds is 0. The maximum Gasteiger partial charge on any atom is 0.0237 e. The lowest BCUT2D eigenvalue weighted by Crippen LogP contribution is -2.38. The molecule has 11 heavy (non-hydrogen) atoms. The lowest BCUT2D eigenvalue weighted by Gasteiger charge is -2.31. The molecular weight excluding hydrogens is 251 g/mol. The molecule has 2 rings (SSSR count). The van der Waals surface area contributed by atoms with Gasteiger partial charge in [-0.25, -0.2) is 3.11 Å². The molecule has 1 heterocycles. The van der Waals surface area contributed by atoms with Gasteiger partial charge in [0, 0.05) is 41.5 Å². The van der Waals surface area contributed by atoms with Crippen LogP contribution in [0.5, 0.6) is 0 Å². The Bertz CT molecular complexity index is 151. The smallest absolute Gasteiger partial charge is 0.0237 e. The average Bonchev–Trinajstić information content (AvgIpc) is 2.33. The normalized spacial score (nSPS) is 45.8. The highest BCUT2D eigenvalue weighted by molar-refractivity contribution is 14.1. The van der Waals surface area contributed by atoms with Crippen LogP contribution in [0, 0.1) is 5.92 Å². The second-order valence-corrected chi connectivity index (χ2v) is 5.05. The average molecular weight is 266 g/mol. The quantitative estimate of drug-likeness (QED) is 0.532. The van der Waals surface area contributed by atoms with Gasteiger partial charge in [0.05, 0.1) is 0 Å². The zero-order valence-electron chi connectivity index (χ0n) is 6.67. The first-order chi connectivity index (χ1) is 5.27. The molecule has 2 N–H and O–H groups in total. The Morgan fingerprint density at radius 3 is 2.91 bits per heavy atom. The van der Waals surface area contributed by atoms with Crippen molar-refractivity contribution in [1.29, 1.82) is 0 Å². The van der Waals surface area contributed by atoms with E-state index in [0.717, 1.165) is 12.0 Å². The summed E-state index contributed by atoms with van der Waals surface area (Å²) in [5.41, 5.74) is 5.92. The minimum atomic E-state index is 0.478. The van der Waals surface area contributed by atoms with Crippen LogP contribution in [0.3, 0.4) is 0 Å². The molecule has 3 atom stereocenters. The number of halogens is 1. The highest BCUT2D eigenvalue weighted by Gasteiger charge is 2.36. The molecule has 2 fully saturated rings. The summed E-state index contributed by atoms with van der Waals surface area (Å²) in [4.78, 5) is 0. The molecule has 3 heteroatoms. The summed E-state index contributed by atoms with van der Waals surface area (Å²) in [6.07, 6.45) is 5.25. The van der Waals surface area contributed by atoms with E-state index in [1.165, 1.54) is 32.2 Å². The van der Waals surface area contributed by atoms with Crippen molar-refractivity contribution in [3.8, 4) is 0 Å². The lowest BCUT2D eigenvalue weighted by molar-refractivity contribution is 0.261. The fourth-order valence-electron chi connectivity index (χ4n) is 2.38. The Kier molecular flexibility index (Phi) is 2.39. The molecule has 1 aliphatic carbocycles. The number of hydrogen-bond donors (Lipinski definition) is 1. The largest absolute Gasteiger partial charge is 0.328 e. The third-order valence-corrected chi connectivity index (χ3v) is 4.27. The van der Waals surface area contributed by atoms with Gasteiger partial charge in [-0.1, -0.05) is 0 Å². The van der Waals surface area contributed by atoms with Crippen molar-refractivity contribution >= 4 is 22.9 Å². The molecule has 0 spiro atoms. The molecule has 0 aromatic rings. The molecule has 0 bridgehead atoms. The molecule has 1 saturated carbocycles. The van der Waals surface area contributed by atoms with Gasteiger partial charge in [-0.05, 0) is 31.6 Å². The molecular formula is C8H15IN2. The van der Waals surface area contributed by atoms with Gasteiger partial charge in [0.25, 0.3) is 0 Å². The summed E-state index contributed by atoms with van der Waals surface area (Å²) in [6, 6.07) is 1.28. The van der Waals surface area contributed by atoms with E-state index in [4.69, 9.17) is 5.73 Å². The van der Waals surface area contributed by atoms with Gasteiger partial charge in [-0.3, -0.25) is 0 Å². The van der Waals surface area contributed by atoms with Crippen molar-refractivity contribution in [3.05, 3.63) is 0 Å². The van der Waals surface area contributed by atoms with Crippen molar-refractivity contribution in [3.63, 3.8) is 0 Å². The van der Waals surface area contributed by atoms with E-state index >= 15 is 0 Å². The summed E-state index contributed by atoms with van der Waals surface area (Å²) in [5, 5.41) is 0. The van der Waals surface area contributed by atoms with Gasteiger partial charge in [-0.15, -0.1) is 0 Å². The first kappa shape index (κ1) is 8.26. The molecule has 1 aliphatic heterocycles. The molecule has 0 aromatic heterocycles.